The fourth-order valence-electron chi connectivity index (χ4n) is 6.57. The van der Waals surface area contributed by atoms with E-state index in [1.807, 2.05) is 26.8 Å². The van der Waals surface area contributed by atoms with Gasteiger partial charge in [0.25, 0.3) is 5.91 Å². The number of piperazine rings is 1. The molecule has 0 spiro atoms. The van der Waals surface area contributed by atoms with Crippen LogP contribution in [0, 0.1) is 5.92 Å². The first-order chi connectivity index (χ1) is 22.8. The molecule has 3 fully saturated rings. The number of carbonyl (C=O) groups excluding carboxylic acids is 2. The summed E-state index contributed by atoms with van der Waals surface area (Å²) in [5, 5.41) is 9.74. The molecule has 2 saturated carbocycles. The van der Waals surface area contributed by atoms with Crippen LogP contribution in [0.5, 0.6) is 5.75 Å². The molecule has 6 rings (SSSR count). The molecule has 3 heterocycles. The second-order valence-electron chi connectivity index (χ2n) is 13.1. The Bertz CT molecular complexity index is 1310. The number of methoxy groups -OCH3 is 1. The van der Waals surface area contributed by atoms with Gasteiger partial charge in [-0.1, -0.05) is 40.0 Å². The van der Waals surface area contributed by atoms with Crippen LogP contribution >= 0.6 is 0 Å². The standard InChI is InChI=1S/C26H36N6O3.C8H16N2.C2H6/c1-6-20-25(34)31(4)21-15-27-26(30-23(21)32(20)16(2)3)29-19-13-12-17(14-22(19)35-5)24(33)28-18-10-8-7-9-11-18;1-2-8(1)7-10-5-3-9-4-6-10;1-2/h12-16,18,20H,6-11H2,1-5H3,(H,28,33)(H,27,29,30);8-9H,1-7H2;1-2H3. The largest absolute Gasteiger partial charge is 0.495 e. The lowest BCUT2D eigenvalue weighted by Crippen LogP contribution is -2.54. The first-order valence-corrected chi connectivity index (χ1v) is 17.9. The fraction of sp³-hybridized carbons (Fsp3) is 0.667. The number of fused-ring (bicyclic) bond motifs is 1. The molecule has 3 N–H and O–H groups in total. The van der Waals surface area contributed by atoms with Gasteiger partial charge in [-0.3, -0.25) is 9.59 Å². The Labute approximate surface area is 282 Å². The number of carbonyl (C=O) groups is 2. The minimum atomic E-state index is -0.272. The Kier molecular flexibility index (Phi) is 13.7. The highest BCUT2D eigenvalue weighted by molar-refractivity contribution is 6.04. The topological polar surface area (TPSA) is 115 Å². The maximum Gasteiger partial charge on any atom is 0.251 e. The molecule has 260 valence electrons. The number of aromatic nitrogens is 2. The summed E-state index contributed by atoms with van der Waals surface area (Å²) in [6.45, 7) is 16.4. The van der Waals surface area contributed by atoms with E-state index < -0.39 is 0 Å². The average Bonchev–Trinajstić information content (AvgIpc) is 3.92. The average molecular weight is 651 g/mol. The number of nitrogens with one attached hydrogen (secondary N) is 3. The molecule has 1 saturated heterocycles. The molecule has 47 heavy (non-hydrogen) atoms. The molecular weight excluding hydrogens is 592 g/mol. The third kappa shape index (κ3) is 9.56. The molecule has 0 bridgehead atoms. The highest BCUT2D eigenvalue weighted by atomic mass is 16.5. The van der Waals surface area contributed by atoms with Crippen LogP contribution in [0.2, 0.25) is 0 Å². The zero-order chi connectivity index (χ0) is 33.9. The minimum Gasteiger partial charge on any atom is -0.495 e. The lowest BCUT2D eigenvalue weighted by atomic mass is 9.95. The third-order valence-corrected chi connectivity index (χ3v) is 9.32. The minimum absolute atomic E-state index is 0.0433. The fourth-order valence-corrected chi connectivity index (χ4v) is 6.57. The summed E-state index contributed by atoms with van der Waals surface area (Å²) in [5.74, 6) is 2.67. The summed E-state index contributed by atoms with van der Waals surface area (Å²) in [4.78, 5) is 41.2. The van der Waals surface area contributed by atoms with Crippen molar-refractivity contribution in [2.75, 3.05) is 62.0 Å². The Morgan fingerprint density at radius 2 is 1.79 bits per heavy atom. The van der Waals surface area contributed by atoms with E-state index in [0.717, 1.165) is 31.6 Å². The van der Waals surface area contributed by atoms with E-state index in [-0.39, 0.29) is 29.9 Å². The Morgan fingerprint density at radius 3 is 2.40 bits per heavy atom. The predicted molar refractivity (Wildman–Crippen MR) is 191 cm³/mol. The lowest BCUT2D eigenvalue weighted by Gasteiger charge is -2.42. The number of amides is 2. The first-order valence-electron chi connectivity index (χ1n) is 17.9. The number of ether oxygens (including phenoxy) is 1. The number of anilines is 4. The van der Waals surface area contributed by atoms with Crippen molar-refractivity contribution in [2.45, 2.75) is 104 Å². The van der Waals surface area contributed by atoms with Gasteiger partial charge >= 0.3 is 0 Å². The Hall–Kier alpha value is -3.44. The van der Waals surface area contributed by atoms with Crippen LogP contribution in [0.4, 0.5) is 23.1 Å². The van der Waals surface area contributed by atoms with Crippen LogP contribution in [-0.2, 0) is 4.79 Å². The summed E-state index contributed by atoms with van der Waals surface area (Å²) in [6, 6.07) is 5.38. The normalized spacial score (nSPS) is 20.0. The maximum absolute atomic E-state index is 12.9. The van der Waals surface area contributed by atoms with E-state index in [0.29, 0.717) is 40.9 Å². The summed E-state index contributed by atoms with van der Waals surface area (Å²) >= 11 is 0. The van der Waals surface area contributed by atoms with Crippen molar-refractivity contribution in [3.63, 3.8) is 0 Å². The van der Waals surface area contributed by atoms with Crippen molar-refractivity contribution in [3.05, 3.63) is 30.0 Å². The highest BCUT2D eigenvalue weighted by Crippen LogP contribution is 2.37. The van der Waals surface area contributed by atoms with E-state index in [1.165, 1.54) is 52.0 Å². The van der Waals surface area contributed by atoms with E-state index in [4.69, 9.17) is 9.72 Å². The van der Waals surface area contributed by atoms with Crippen molar-refractivity contribution >= 4 is 35.0 Å². The number of rotatable bonds is 9. The predicted octanol–water partition coefficient (Wildman–Crippen LogP) is 5.59. The lowest BCUT2D eigenvalue weighted by molar-refractivity contribution is -0.120. The quantitative estimate of drug-likeness (QED) is 0.320. The molecule has 2 aliphatic heterocycles. The molecule has 2 amide bonds. The Morgan fingerprint density at radius 1 is 1.09 bits per heavy atom. The van der Waals surface area contributed by atoms with Crippen molar-refractivity contribution in [1.29, 1.82) is 0 Å². The van der Waals surface area contributed by atoms with Crippen LogP contribution in [0.25, 0.3) is 0 Å². The van der Waals surface area contributed by atoms with E-state index >= 15 is 0 Å². The molecule has 11 heteroatoms. The second kappa shape index (κ2) is 17.6. The van der Waals surface area contributed by atoms with Gasteiger partial charge in [0.05, 0.1) is 19.0 Å². The molecule has 11 nitrogen and oxygen atoms in total. The van der Waals surface area contributed by atoms with Crippen LogP contribution in [0.1, 0.15) is 96.3 Å². The van der Waals surface area contributed by atoms with Crippen molar-refractivity contribution in [1.82, 2.24) is 25.5 Å². The summed E-state index contributed by atoms with van der Waals surface area (Å²) in [7, 11) is 3.34. The first kappa shape index (κ1) is 36.4. The van der Waals surface area contributed by atoms with Gasteiger partial charge in [0, 0.05) is 57.4 Å². The van der Waals surface area contributed by atoms with Crippen LogP contribution in [0.3, 0.4) is 0 Å². The number of likely N-dealkylation sites (N-methyl/N-ethyl adjacent to an activating group) is 1. The zero-order valence-electron chi connectivity index (χ0n) is 29.8. The molecule has 4 aliphatic rings. The number of hydrogen-bond donors (Lipinski definition) is 3. The Balaban J connectivity index is 0.000000349. The van der Waals surface area contributed by atoms with Gasteiger partial charge in [-0.2, -0.15) is 4.98 Å². The third-order valence-electron chi connectivity index (χ3n) is 9.32. The molecule has 1 atom stereocenters. The maximum atomic E-state index is 12.9. The van der Waals surface area contributed by atoms with Gasteiger partial charge < -0.3 is 35.4 Å². The van der Waals surface area contributed by atoms with Gasteiger partial charge in [-0.25, -0.2) is 4.98 Å². The number of hydrogen-bond acceptors (Lipinski definition) is 9. The molecular formula is C36H58N8O3. The number of nitrogens with zero attached hydrogens (tertiary/aromatic N) is 5. The van der Waals surface area contributed by atoms with Crippen molar-refractivity contribution < 1.29 is 14.3 Å². The summed E-state index contributed by atoms with van der Waals surface area (Å²) in [6.07, 6.45) is 11.0. The van der Waals surface area contributed by atoms with Crippen LogP contribution in [-0.4, -0.2) is 91.7 Å². The molecule has 0 radical (unpaired) electrons. The van der Waals surface area contributed by atoms with E-state index in [2.05, 4.69) is 44.6 Å². The number of benzene rings is 1. The monoisotopic (exact) mass is 650 g/mol. The van der Waals surface area contributed by atoms with Gasteiger partial charge in [-0.15, -0.1) is 0 Å². The van der Waals surface area contributed by atoms with E-state index in [1.54, 1.807) is 37.4 Å². The van der Waals surface area contributed by atoms with Crippen molar-refractivity contribution in [3.8, 4) is 5.75 Å². The molecule has 2 aliphatic carbocycles. The smallest absolute Gasteiger partial charge is 0.251 e. The zero-order valence-corrected chi connectivity index (χ0v) is 29.8. The van der Waals surface area contributed by atoms with Crippen LogP contribution in [0.15, 0.2) is 24.4 Å². The van der Waals surface area contributed by atoms with Crippen LogP contribution < -0.4 is 30.5 Å². The van der Waals surface area contributed by atoms with Gasteiger partial charge in [0.2, 0.25) is 11.9 Å². The molecule has 1 aromatic carbocycles. The highest BCUT2D eigenvalue weighted by Gasteiger charge is 2.38. The molecule has 1 aromatic heterocycles. The second-order valence-corrected chi connectivity index (χ2v) is 13.1. The molecule has 1 unspecified atom stereocenters. The van der Waals surface area contributed by atoms with Gasteiger partial charge in [-0.05, 0) is 70.1 Å². The van der Waals surface area contributed by atoms with E-state index in [9.17, 15) is 9.59 Å². The van der Waals surface area contributed by atoms with Gasteiger partial charge in [0.1, 0.15) is 17.5 Å². The summed E-state index contributed by atoms with van der Waals surface area (Å²) in [5.41, 5.74) is 1.90. The summed E-state index contributed by atoms with van der Waals surface area (Å²) < 4.78 is 5.57. The van der Waals surface area contributed by atoms with Crippen molar-refractivity contribution in [2.24, 2.45) is 5.92 Å². The van der Waals surface area contributed by atoms with Gasteiger partial charge in [0.15, 0.2) is 5.82 Å². The molecule has 2 aromatic rings. The SMILES string of the molecule is C1CN(CC2CC2)CCN1.CC.CCC1C(=O)N(C)c2cnc(Nc3ccc(C(=O)NC4CCCCC4)cc3OC)nc2N1C(C)C.